The number of aliphatic imine (C=N–C) groups is 1. The highest BCUT2D eigenvalue weighted by Crippen LogP contribution is 2.36. The molecular weight excluding hydrogens is 413 g/mol. The summed E-state index contributed by atoms with van der Waals surface area (Å²) < 4.78 is 53.4. The summed E-state index contributed by atoms with van der Waals surface area (Å²) in [6.45, 7) is -1.52. The summed E-state index contributed by atoms with van der Waals surface area (Å²) >= 11 is 6.07. The van der Waals surface area contributed by atoms with Crippen molar-refractivity contribution in [1.29, 1.82) is 0 Å². The minimum absolute atomic E-state index is 0.0130. The smallest absolute Gasteiger partial charge is 0.289 e. The molecular formula is C18H14ClF3N4O3. The number of halogens is 4. The summed E-state index contributed by atoms with van der Waals surface area (Å²) in [5.41, 5.74) is -1.58. The molecule has 1 aliphatic heterocycles. The van der Waals surface area contributed by atoms with E-state index < -0.39 is 36.3 Å². The molecule has 0 bridgehead atoms. The number of nitrogens with zero attached hydrogens (tertiary/aromatic N) is 2. The van der Waals surface area contributed by atoms with E-state index in [9.17, 15) is 13.2 Å². The van der Waals surface area contributed by atoms with Crippen LogP contribution in [-0.2, 0) is 4.74 Å². The molecule has 11 heteroatoms. The molecule has 1 aliphatic rings. The molecule has 7 nitrogen and oxygen atoms in total. The van der Waals surface area contributed by atoms with Crippen LogP contribution in [0.5, 0.6) is 11.5 Å². The number of aliphatic hydroxyl groups excluding tert-OH is 1. The van der Waals surface area contributed by atoms with Crippen LogP contribution in [0.2, 0.25) is 5.02 Å². The Morgan fingerprint density at radius 2 is 2.10 bits per heavy atom. The third kappa shape index (κ3) is 3.81. The predicted octanol–water partition coefficient (Wildman–Crippen LogP) is 3.79. The van der Waals surface area contributed by atoms with Crippen LogP contribution in [0.15, 0.2) is 35.6 Å². The van der Waals surface area contributed by atoms with Crippen molar-refractivity contribution in [2.45, 2.75) is 5.67 Å². The highest BCUT2D eigenvalue weighted by molar-refractivity contribution is 6.36. The maximum atomic E-state index is 14.5. The molecule has 1 aromatic carbocycles. The quantitative estimate of drug-likeness (QED) is 0.590. The number of nitrogens with one attached hydrogen (secondary N) is 2. The average molecular weight is 427 g/mol. The number of aromatic amines is 1. The number of H-pyrrole nitrogens is 1. The molecule has 3 aromatic rings. The van der Waals surface area contributed by atoms with Gasteiger partial charge in [0.1, 0.15) is 18.0 Å². The van der Waals surface area contributed by atoms with E-state index >= 15 is 0 Å². The van der Waals surface area contributed by atoms with Gasteiger partial charge in [-0.25, -0.2) is 23.1 Å². The van der Waals surface area contributed by atoms with E-state index in [1.54, 1.807) is 0 Å². The Hall–Kier alpha value is -2.98. The number of benzene rings is 1. The lowest BCUT2D eigenvalue weighted by atomic mass is 10.1. The van der Waals surface area contributed by atoms with E-state index in [-0.39, 0.29) is 24.0 Å². The molecule has 4 rings (SSSR count). The number of aromatic nitrogens is 2. The van der Waals surface area contributed by atoms with Crippen LogP contribution in [-0.4, -0.2) is 46.5 Å². The highest BCUT2D eigenvalue weighted by Gasteiger charge is 2.34. The maximum Gasteiger partial charge on any atom is 0.289 e. The van der Waals surface area contributed by atoms with Gasteiger partial charge in [0.25, 0.3) is 6.02 Å². The Labute approximate surface area is 167 Å². The summed E-state index contributed by atoms with van der Waals surface area (Å²) in [7, 11) is 0. The second-order valence-corrected chi connectivity index (χ2v) is 6.79. The summed E-state index contributed by atoms with van der Waals surface area (Å²) in [6, 6.07) is 3.27. The summed E-state index contributed by atoms with van der Waals surface area (Å²) in [5, 5.41) is 12.2. The van der Waals surface area contributed by atoms with Gasteiger partial charge in [-0.15, -0.1) is 0 Å². The summed E-state index contributed by atoms with van der Waals surface area (Å²) in [4.78, 5) is 10.7. The lowest BCUT2D eigenvalue weighted by Crippen LogP contribution is -2.43. The molecule has 3 N–H and O–H groups in total. The fourth-order valence-electron chi connectivity index (χ4n) is 2.71. The molecule has 152 valence electrons. The third-order valence-electron chi connectivity index (χ3n) is 4.21. The Morgan fingerprint density at radius 1 is 1.34 bits per heavy atom. The Kier molecular flexibility index (Phi) is 4.97. The van der Waals surface area contributed by atoms with Crippen LogP contribution in [0.25, 0.3) is 11.0 Å². The zero-order valence-corrected chi connectivity index (χ0v) is 15.4. The molecule has 1 unspecified atom stereocenters. The van der Waals surface area contributed by atoms with E-state index in [0.717, 1.165) is 12.1 Å². The zero-order chi connectivity index (χ0) is 20.6. The first-order chi connectivity index (χ1) is 13.9. The van der Waals surface area contributed by atoms with Gasteiger partial charge < -0.3 is 24.9 Å². The Balaban J connectivity index is 1.57. The van der Waals surface area contributed by atoms with Crippen LogP contribution in [0.1, 0.15) is 0 Å². The molecule has 29 heavy (non-hydrogen) atoms. The van der Waals surface area contributed by atoms with Crippen molar-refractivity contribution in [2.75, 3.05) is 25.1 Å². The van der Waals surface area contributed by atoms with Crippen molar-refractivity contribution in [3.8, 4) is 11.5 Å². The van der Waals surface area contributed by atoms with E-state index in [1.165, 1.54) is 18.5 Å². The molecule has 0 saturated heterocycles. The van der Waals surface area contributed by atoms with Gasteiger partial charge >= 0.3 is 0 Å². The number of hydrogen-bond donors (Lipinski definition) is 3. The number of ether oxygens (including phenoxy) is 2. The normalized spacial score (nSPS) is 19.0. The van der Waals surface area contributed by atoms with E-state index in [0.29, 0.717) is 16.1 Å². The monoisotopic (exact) mass is 426 g/mol. The van der Waals surface area contributed by atoms with Gasteiger partial charge in [-0.2, -0.15) is 0 Å². The standard InChI is InChI=1S/C18H14ClF3N4O3/c19-10-5-24-16-14(10)13(1-2-23-16)29-15-11(20)3-9(4-12(15)21)26-17-25-6-18(22,7-27)8-28-17/h1-5,27H,6-8H2,(H,23,24)(H,25,26). The van der Waals surface area contributed by atoms with Gasteiger partial charge in [-0.1, -0.05) is 11.6 Å². The fourth-order valence-corrected chi connectivity index (χ4v) is 2.95. The van der Waals surface area contributed by atoms with Gasteiger partial charge in [0.2, 0.25) is 0 Å². The number of anilines is 1. The minimum Gasteiger partial charge on any atom is -0.461 e. The van der Waals surface area contributed by atoms with Crippen molar-refractivity contribution in [2.24, 2.45) is 4.99 Å². The summed E-state index contributed by atoms with van der Waals surface area (Å²) in [5.74, 6) is -2.48. The van der Waals surface area contributed by atoms with Crippen molar-refractivity contribution in [3.63, 3.8) is 0 Å². The predicted molar refractivity (Wildman–Crippen MR) is 100 cm³/mol. The van der Waals surface area contributed by atoms with Crippen LogP contribution in [0, 0.1) is 11.6 Å². The number of rotatable bonds is 4. The van der Waals surface area contributed by atoms with Gasteiger partial charge in [0.15, 0.2) is 23.1 Å². The average Bonchev–Trinajstić information content (AvgIpc) is 3.09. The molecule has 3 heterocycles. The molecule has 2 aromatic heterocycles. The number of pyridine rings is 1. The van der Waals surface area contributed by atoms with Crippen molar-refractivity contribution in [1.82, 2.24) is 9.97 Å². The second-order valence-electron chi connectivity index (χ2n) is 6.38. The van der Waals surface area contributed by atoms with E-state index in [4.69, 9.17) is 26.2 Å². The summed E-state index contributed by atoms with van der Waals surface area (Å²) in [6.07, 6.45) is 2.89. The first kappa shape index (κ1) is 19.3. The molecule has 0 spiro atoms. The van der Waals surface area contributed by atoms with Crippen LogP contribution < -0.4 is 10.1 Å². The second kappa shape index (κ2) is 7.45. The molecule has 0 radical (unpaired) electrons. The third-order valence-corrected chi connectivity index (χ3v) is 4.50. The molecule has 0 fully saturated rings. The van der Waals surface area contributed by atoms with Gasteiger partial charge in [0.05, 0.1) is 23.6 Å². The molecule has 0 aliphatic carbocycles. The number of aliphatic hydroxyl groups is 1. The van der Waals surface area contributed by atoms with E-state index in [1.807, 2.05) is 0 Å². The minimum atomic E-state index is -1.98. The van der Waals surface area contributed by atoms with E-state index in [2.05, 4.69) is 20.3 Å². The van der Waals surface area contributed by atoms with Crippen LogP contribution in [0.3, 0.4) is 0 Å². The SMILES string of the molecule is OCC1(F)CN=C(Nc2cc(F)c(Oc3ccnc4[nH]cc(Cl)c34)c(F)c2)OC1. The van der Waals surface area contributed by atoms with Crippen molar-refractivity contribution < 1.29 is 27.8 Å². The van der Waals surface area contributed by atoms with Crippen LogP contribution in [0.4, 0.5) is 18.9 Å². The molecule has 0 amide bonds. The van der Waals surface area contributed by atoms with Crippen molar-refractivity contribution in [3.05, 3.63) is 47.2 Å². The number of hydrogen-bond acceptors (Lipinski definition) is 6. The lowest BCUT2D eigenvalue weighted by molar-refractivity contribution is 0.0181. The Bertz CT molecular complexity index is 1080. The highest BCUT2D eigenvalue weighted by atomic mass is 35.5. The zero-order valence-electron chi connectivity index (χ0n) is 14.7. The largest absolute Gasteiger partial charge is 0.461 e. The number of amidine groups is 1. The number of fused-ring (bicyclic) bond motifs is 1. The van der Waals surface area contributed by atoms with Gasteiger partial charge in [0, 0.05) is 30.2 Å². The number of alkyl halides is 1. The van der Waals surface area contributed by atoms with Crippen molar-refractivity contribution >= 4 is 34.3 Å². The molecule has 1 atom stereocenters. The maximum absolute atomic E-state index is 14.5. The Morgan fingerprint density at radius 3 is 2.76 bits per heavy atom. The van der Waals surface area contributed by atoms with Gasteiger partial charge in [-0.3, -0.25) is 0 Å². The first-order valence-corrected chi connectivity index (χ1v) is 8.79. The van der Waals surface area contributed by atoms with Crippen LogP contribution >= 0.6 is 11.6 Å². The fraction of sp³-hybridized carbons (Fsp3) is 0.222. The molecule has 0 saturated carbocycles. The topological polar surface area (TPSA) is 91.8 Å². The van der Waals surface area contributed by atoms with Gasteiger partial charge in [-0.05, 0) is 6.07 Å². The first-order valence-electron chi connectivity index (χ1n) is 8.41. The lowest BCUT2D eigenvalue weighted by Gasteiger charge is -2.26.